The second-order valence-electron chi connectivity index (χ2n) is 18.6. The number of ether oxygens (including phenoxy) is 3. The van der Waals surface area contributed by atoms with Crippen LogP contribution in [0.15, 0.2) is 60.8 Å². The highest BCUT2D eigenvalue weighted by Crippen LogP contribution is 2.15. The van der Waals surface area contributed by atoms with Gasteiger partial charge in [-0.3, -0.25) is 14.4 Å². The van der Waals surface area contributed by atoms with Crippen LogP contribution in [-0.2, 0) is 28.6 Å². The molecule has 1 atom stereocenters. The van der Waals surface area contributed by atoms with Gasteiger partial charge in [0.25, 0.3) is 0 Å². The lowest BCUT2D eigenvalue weighted by Gasteiger charge is -2.18. The second-order valence-corrected chi connectivity index (χ2v) is 18.6. The van der Waals surface area contributed by atoms with Crippen LogP contribution in [0.25, 0.3) is 0 Å². The second kappa shape index (κ2) is 53.7. The van der Waals surface area contributed by atoms with Gasteiger partial charge in [0.05, 0.1) is 0 Å². The highest BCUT2D eigenvalue weighted by molar-refractivity contribution is 5.71. The molecule has 0 bridgehead atoms. The SMILES string of the molecule is CCCCC/C=C\C=C/CCCCCCCCCCCCC(=O)OCC(COC(=O)CCCCCCCCCCCC)OC(=O)CCCCCCC\C=C/C=C\C=C/CCCCCCC. The molecule has 0 spiro atoms. The highest BCUT2D eigenvalue weighted by Gasteiger charge is 2.19. The average Bonchev–Trinajstić information content (AvgIpc) is 3.30. The number of unbranched alkanes of at least 4 members (excludes halogenated alkanes) is 32. The number of esters is 3. The molecule has 0 radical (unpaired) electrons. The maximum absolute atomic E-state index is 12.8. The quantitative estimate of drug-likeness (QED) is 0.0262. The van der Waals surface area contributed by atoms with E-state index in [1.807, 2.05) is 0 Å². The molecule has 0 saturated heterocycles. The van der Waals surface area contributed by atoms with Crippen molar-refractivity contribution in [2.45, 2.75) is 284 Å². The van der Waals surface area contributed by atoms with E-state index in [0.29, 0.717) is 19.3 Å². The molecule has 0 aromatic heterocycles. The number of carbonyl (C=O) groups is 3. The minimum Gasteiger partial charge on any atom is -0.462 e. The Morgan fingerprint density at radius 1 is 0.308 bits per heavy atom. The van der Waals surface area contributed by atoms with Gasteiger partial charge in [-0.1, -0.05) is 248 Å². The van der Waals surface area contributed by atoms with Gasteiger partial charge in [0.2, 0.25) is 0 Å². The Balaban J connectivity index is 4.35. The molecule has 6 nitrogen and oxygen atoms in total. The van der Waals surface area contributed by atoms with Crippen LogP contribution in [0, 0.1) is 0 Å². The van der Waals surface area contributed by atoms with E-state index in [4.69, 9.17) is 14.2 Å². The first-order chi connectivity index (χ1) is 32.0. The number of allylic oxidation sites excluding steroid dienone is 10. The Kier molecular flexibility index (Phi) is 51.3. The van der Waals surface area contributed by atoms with Crippen LogP contribution >= 0.6 is 0 Å². The molecule has 0 heterocycles. The molecule has 0 aliphatic carbocycles. The zero-order chi connectivity index (χ0) is 47.2. The van der Waals surface area contributed by atoms with Crippen molar-refractivity contribution in [3.63, 3.8) is 0 Å². The lowest BCUT2D eigenvalue weighted by Crippen LogP contribution is -2.30. The summed E-state index contributed by atoms with van der Waals surface area (Å²) >= 11 is 0. The van der Waals surface area contributed by atoms with E-state index in [1.54, 1.807) is 0 Å². The minimum atomic E-state index is -0.784. The summed E-state index contributed by atoms with van der Waals surface area (Å²) < 4.78 is 16.8. The lowest BCUT2D eigenvalue weighted by atomic mass is 10.1. The largest absolute Gasteiger partial charge is 0.462 e. The predicted octanol–water partition coefficient (Wildman–Crippen LogP) is 18.4. The topological polar surface area (TPSA) is 78.9 Å². The molecule has 0 rings (SSSR count). The third-order valence-corrected chi connectivity index (χ3v) is 12.1. The molecule has 0 aliphatic rings. The van der Waals surface area contributed by atoms with Crippen LogP contribution in [0.4, 0.5) is 0 Å². The van der Waals surface area contributed by atoms with Crippen LogP contribution < -0.4 is 0 Å². The molecular formula is C59H104O6. The summed E-state index contributed by atoms with van der Waals surface area (Å²) in [5.41, 5.74) is 0. The van der Waals surface area contributed by atoms with Gasteiger partial charge in [0.15, 0.2) is 6.10 Å². The Morgan fingerprint density at radius 3 is 0.892 bits per heavy atom. The highest BCUT2D eigenvalue weighted by atomic mass is 16.6. The molecule has 0 N–H and O–H groups in total. The normalized spacial score (nSPS) is 12.5. The number of hydrogen-bond donors (Lipinski definition) is 0. The molecule has 6 heteroatoms. The van der Waals surface area contributed by atoms with Crippen LogP contribution in [0.1, 0.15) is 278 Å². The Bertz CT molecular complexity index is 1180. The fourth-order valence-electron chi connectivity index (χ4n) is 7.85. The Hall–Kier alpha value is -2.89. The molecule has 0 aromatic rings. The van der Waals surface area contributed by atoms with Crippen molar-refractivity contribution < 1.29 is 28.6 Å². The molecule has 376 valence electrons. The molecule has 1 unspecified atom stereocenters. The lowest BCUT2D eigenvalue weighted by molar-refractivity contribution is -0.167. The zero-order valence-corrected chi connectivity index (χ0v) is 43.0. The number of rotatable bonds is 50. The van der Waals surface area contributed by atoms with Crippen molar-refractivity contribution in [2.24, 2.45) is 0 Å². The first-order valence-electron chi connectivity index (χ1n) is 27.8. The predicted molar refractivity (Wildman–Crippen MR) is 279 cm³/mol. The first-order valence-corrected chi connectivity index (χ1v) is 27.8. The van der Waals surface area contributed by atoms with Gasteiger partial charge in [0, 0.05) is 19.3 Å². The number of carbonyl (C=O) groups excluding carboxylic acids is 3. The van der Waals surface area contributed by atoms with Crippen molar-refractivity contribution in [2.75, 3.05) is 13.2 Å². The van der Waals surface area contributed by atoms with Crippen molar-refractivity contribution in [1.82, 2.24) is 0 Å². The smallest absolute Gasteiger partial charge is 0.306 e. The molecule has 0 fully saturated rings. The van der Waals surface area contributed by atoms with Gasteiger partial charge in [0.1, 0.15) is 13.2 Å². The van der Waals surface area contributed by atoms with Gasteiger partial charge in [-0.25, -0.2) is 0 Å². The molecule has 65 heavy (non-hydrogen) atoms. The van der Waals surface area contributed by atoms with E-state index < -0.39 is 6.10 Å². The summed E-state index contributed by atoms with van der Waals surface area (Å²) in [4.78, 5) is 38.0. The molecule has 0 amide bonds. The monoisotopic (exact) mass is 909 g/mol. The van der Waals surface area contributed by atoms with E-state index in [-0.39, 0.29) is 31.1 Å². The summed E-state index contributed by atoms with van der Waals surface area (Å²) in [6.07, 6.45) is 66.3. The molecular weight excluding hydrogens is 805 g/mol. The summed E-state index contributed by atoms with van der Waals surface area (Å²) in [5.74, 6) is -0.898. The van der Waals surface area contributed by atoms with Crippen LogP contribution in [0.2, 0.25) is 0 Å². The summed E-state index contributed by atoms with van der Waals surface area (Å²) in [6.45, 7) is 6.58. The standard InChI is InChI=1S/C59H104O6/c1-4-7-10-13-16-19-22-24-26-28-30-32-33-35-37-40-43-46-49-52-58(61)64-55-56(54-63-57(60)51-48-45-42-39-21-18-15-12-9-6-3)65-59(62)53-50-47-44-41-38-36-34-31-29-27-25-23-20-17-14-11-8-5-2/h16,19,22-25,27,29,31,34,56H,4-15,17-18,20-21,26,28,30,32-33,35-55H2,1-3H3/b19-16-,24-22-,25-23-,29-27-,34-31-. The number of hydrogen-bond acceptors (Lipinski definition) is 6. The maximum atomic E-state index is 12.8. The van der Waals surface area contributed by atoms with Gasteiger partial charge >= 0.3 is 17.9 Å². The van der Waals surface area contributed by atoms with E-state index in [2.05, 4.69) is 81.5 Å². The van der Waals surface area contributed by atoms with E-state index in [0.717, 1.165) is 77.0 Å². The fourth-order valence-corrected chi connectivity index (χ4v) is 7.85. The van der Waals surface area contributed by atoms with Gasteiger partial charge in [-0.15, -0.1) is 0 Å². The van der Waals surface area contributed by atoms with E-state index >= 15 is 0 Å². The Labute approximate surface area is 402 Å². The third kappa shape index (κ3) is 51.9. The first kappa shape index (κ1) is 62.1. The molecule has 0 aliphatic heterocycles. The minimum absolute atomic E-state index is 0.0817. The van der Waals surface area contributed by atoms with Gasteiger partial charge in [-0.2, -0.15) is 0 Å². The van der Waals surface area contributed by atoms with E-state index in [1.165, 1.54) is 161 Å². The third-order valence-electron chi connectivity index (χ3n) is 12.1. The van der Waals surface area contributed by atoms with Crippen molar-refractivity contribution >= 4 is 17.9 Å². The summed E-state index contributed by atoms with van der Waals surface area (Å²) in [5, 5.41) is 0. The summed E-state index contributed by atoms with van der Waals surface area (Å²) in [7, 11) is 0. The fraction of sp³-hybridized carbons (Fsp3) is 0.780. The average molecular weight is 909 g/mol. The summed E-state index contributed by atoms with van der Waals surface area (Å²) in [6, 6.07) is 0. The van der Waals surface area contributed by atoms with Crippen molar-refractivity contribution in [1.29, 1.82) is 0 Å². The van der Waals surface area contributed by atoms with Crippen LogP contribution in [0.3, 0.4) is 0 Å². The van der Waals surface area contributed by atoms with Gasteiger partial charge < -0.3 is 14.2 Å². The van der Waals surface area contributed by atoms with Gasteiger partial charge in [-0.05, 0) is 70.6 Å². The Morgan fingerprint density at radius 2 is 0.554 bits per heavy atom. The van der Waals surface area contributed by atoms with Crippen LogP contribution in [0.5, 0.6) is 0 Å². The maximum Gasteiger partial charge on any atom is 0.306 e. The van der Waals surface area contributed by atoms with Crippen LogP contribution in [-0.4, -0.2) is 37.2 Å². The zero-order valence-electron chi connectivity index (χ0n) is 43.0. The molecule has 0 aromatic carbocycles. The van der Waals surface area contributed by atoms with E-state index in [9.17, 15) is 14.4 Å². The van der Waals surface area contributed by atoms with Crippen molar-refractivity contribution in [3.8, 4) is 0 Å². The van der Waals surface area contributed by atoms with Crippen molar-refractivity contribution in [3.05, 3.63) is 60.8 Å². The molecule has 0 saturated carbocycles.